The van der Waals surface area contributed by atoms with Crippen LogP contribution in [0.4, 0.5) is 0 Å². The van der Waals surface area contributed by atoms with E-state index in [1.54, 1.807) is 0 Å². The second-order valence-electron chi connectivity index (χ2n) is 5.83. The van der Waals surface area contributed by atoms with Crippen molar-refractivity contribution in [2.45, 2.75) is 39.2 Å². The monoisotopic (exact) mass is 330 g/mol. The van der Waals surface area contributed by atoms with Crippen LogP contribution in [-0.2, 0) is 9.59 Å². The molecule has 1 aromatic rings. The van der Waals surface area contributed by atoms with Crippen molar-refractivity contribution in [1.82, 2.24) is 15.5 Å². The molecule has 1 unspecified atom stereocenters. The number of hydrogen-bond acceptors (Lipinski definition) is 3. The molecule has 0 aromatic heterocycles. The van der Waals surface area contributed by atoms with Gasteiger partial charge in [-0.1, -0.05) is 30.3 Å². The molecular formula is C18H26N4O2. The molecule has 6 nitrogen and oxygen atoms in total. The van der Waals surface area contributed by atoms with Crippen LogP contribution < -0.4 is 10.6 Å². The van der Waals surface area contributed by atoms with Crippen molar-refractivity contribution in [2.24, 2.45) is 4.99 Å². The largest absolute Gasteiger partial charge is 0.357 e. The molecule has 1 heterocycles. The number of likely N-dealkylation sites (tertiary alicyclic amines) is 1. The third kappa shape index (κ3) is 5.08. The molecule has 1 saturated heterocycles. The Morgan fingerprint density at radius 2 is 1.88 bits per heavy atom. The van der Waals surface area contributed by atoms with Gasteiger partial charge in [-0.15, -0.1) is 0 Å². The molecule has 6 heteroatoms. The summed E-state index contributed by atoms with van der Waals surface area (Å²) in [5, 5.41) is 6.54. The second-order valence-corrected chi connectivity index (χ2v) is 5.83. The predicted molar refractivity (Wildman–Crippen MR) is 94.5 cm³/mol. The molecule has 0 aliphatic carbocycles. The zero-order chi connectivity index (χ0) is 17.4. The molecule has 2 rings (SSSR count). The molecule has 1 aliphatic rings. The van der Waals surface area contributed by atoms with E-state index in [-0.39, 0.29) is 17.9 Å². The molecular weight excluding hydrogens is 304 g/mol. The van der Waals surface area contributed by atoms with Crippen LogP contribution in [0.3, 0.4) is 0 Å². The molecule has 1 fully saturated rings. The fourth-order valence-electron chi connectivity index (χ4n) is 2.66. The lowest BCUT2D eigenvalue weighted by atomic mass is 10.1. The molecule has 24 heavy (non-hydrogen) atoms. The molecule has 2 N–H and O–H groups in total. The van der Waals surface area contributed by atoms with E-state index in [0.717, 1.165) is 6.54 Å². The lowest BCUT2D eigenvalue weighted by Crippen LogP contribution is -2.42. The minimum absolute atomic E-state index is 0.0861. The van der Waals surface area contributed by atoms with Crippen molar-refractivity contribution in [3.8, 4) is 0 Å². The first-order chi connectivity index (χ1) is 11.6. The first-order valence-corrected chi connectivity index (χ1v) is 8.54. The number of rotatable bonds is 6. The van der Waals surface area contributed by atoms with E-state index in [9.17, 15) is 9.59 Å². The summed E-state index contributed by atoms with van der Waals surface area (Å²) in [6, 6.07) is 10.2. The lowest BCUT2D eigenvalue weighted by Gasteiger charge is -2.24. The van der Waals surface area contributed by atoms with Gasteiger partial charge in [-0.25, -0.2) is 0 Å². The van der Waals surface area contributed by atoms with Crippen LogP contribution in [0.25, 0.3) is 0 Å². The van der Waals surface area contributed by atoms with Crippen molar-refractivity contribution < 1.29 is 9.59 Å². The number of guanidine groups is 1. The highest BCUT2D eigenvalue weighted by Gasteiger charge is 2.25. The number of carbonyl (C=O) groups is 2. The molecule has 2 amide bonds. The van der Waals surface area contributed by atoms with Gasteiger partial charge < -0.3 is 10.6 Å². The van der Waals surface area contributed by atoms with Crippen LogP contribution in [0.15, 0.2) is 35.3 Å². The minimum Gasteiger partial charge on any atom is -0.357 e. The van der Waals surface area contributed by atoms with Gasteiger partial charge in [-0.05, 0) is 25.8 Å². The van der Waals surface area contributed by atoms with Gasteiger partial charge in [-0.2, -0.15) is 0 Å². The highest BCUT2D eigenvalue weighted by molar-refractivity contribution is 5.97. The van der Waals surface area contributed by atoms with Gasteiger partial charge in [-0.3, -0.25) is 19.5 Å². The summed E-state index contributed by atoms with van der Waals surface area (Å²) in [6.07, 6.45) is 1.58. The summed E-state index contributed by atoms with van der Waals surface area (Å²) in [6.45, 7) is 5.55. The summed E-state index contributed by atoms with van der Waals surface area (Å²) in [5.74, 6) is 0.514. The number of nitrogens with zero attached hydrogens (tertiary/aromatic N) is 2. The van der Waals surface area contributed by atoms with Gasteiger partial charge in [0.1, 0.15) is 0 Å². The number of nitrogens with one attached hydrogen (secondary N) is 2. The quantitative estimate of drug-likeness (QED) is 0.474. The van der Waals surface area contributed by atoms with E-state index in [4.69, 9.17) is 0 Å². The smallest absolute Gasteiger partial charge is 0.229 e. The van der Waals surface area contributed by atoms with Crippen LogP contribution in [-0.4, -0.2) is 42.3 Å². The Kier molecular flexibility index (Phi) is 6.78. The topological polar surface area (TPSA) is 73.8 Å². The Hall–Kier alpha value is -2.37. The maximum absolute atomic E-state index is 11.8. The van der Waals surface area contributed by atoms with E-state index in [1.165, 1.54) is 10.5 Å². The summed E-state index contributed by atoms with van der Waals surface area (Å²) in [5.41, 5.74) is 1.17. The third-order valence-electron chi connectivity index (χ3n) is 3.97. The van der Waals surface area contributed by atoms with E-state index in [2.05, 4.69) is 34.7 Å². The van der Waals surface area contributed by atoms with Crippen LogP contribution >= 0.6 is 0 Å². The van der Waals surface area contributed by atoms with Crippen molar-refractivity contribution in [3.05, 3.63) is 35.9 Å². The van der Waals surface area contributed by atoms with Crippen LogP contribution in [0.1, 0.15) is 44.7 Å². The summed E-state index contributed by atoms with van der Waals surface area (Å²) >= 11 is 0. The van der Waals surface area contributed by atoms with Crippen LogP contribution in [0, 0.1) is 0 Å². The zero-order valence-corrected chi connectivity index (χ0v) is 14.4. The number of hydrogen-bond donors (Lipinski definition) is 2. The molecule has 130 valence electrons. The van der Waals surface area contributed by atoms with Crippen LogP contribution in [0.5, 0.6) is 0 Å². The summed E-state index contributed by atoms with van der Waals surface area (Å²) in [7, 11) is 0. The average molecular weight is 330 g/mol. The number of carbonyl (C=O) groups excluding carboxylic acids is 2. The van der Waals surface area contributed by atoms with Gasteiger partial charge in [0.05, 0.1) is 12.6 Å². The van der Waals surface area contributed by atoms with E-state index < -0.39 is 0 Å². The SMILES string of the molecule is CCNC(=NCCN1C(=O)CCCC1=O)NC(C)c1ccccc1. The maximum atomic E-state index is 11.8. The maximum Gasteiger partial charge on any atom is 0.229 e. The van der Waals surface area contributed by atoms with Crippen molar-refractivity contribution >= 4 is 17.8 Å². The first-order valence-electron chi connectivity index (χ1n) is 8.54. The Balaban J connectivity index is 1.92. The Bertz CT molecular complexity index is 570. The molecule has 1 aliphatic heterocycles. The average Bonchev–Trinajstić information content (AvgIpc) is 2.58. The first kappa shape index (κ1) is 18.0. The second kappa shape index (κ2) is 9.05. The molecule has 0 spiro atoms. The molecule has 0 saturated carbocycles. The normalized spacial score (nSPS) is 16.9. The number of benzene rings is 1. The van der Waals surface area contributed by atoms with E-state index in [1.807, 2.05) is 25.1 Å². The Morgan fingerprint density at radius 1 is 1.21 bits per heavy atom. The van der Waals surface area contributed by atoms with Gasteiger partial charge in [0.15, 0.2) is 5.96 Å². The number of amides is 2. The fourth-order valence-corrected chi connectivity index (χ4v) is 2.66. The summed E-state index contributed by atoms with van der Waals surface area (Å²) < 4.78 is 0. The molecule has 1 aromatic carbocycles. The molecule has 0 radical (unpaired) electrons. The minimum atomic E-state index is -0.0861. The van der Waals surface area contributed by atoms with Gasteiger partial charge in [0, 0.05) is 25.9 Å². The van der Waals surface area contributed by atoms with E-state index >= 15 is 0 Å². The van der Waals surface area contributed by atoms with Crippen molar-refractivity contribution in [1.29, 1.82) is 0 Å². The van der Waals surface area contributed by atoms with Gasteiger partial charge in [0.2, 0.25) is 11.8 Å². The number of piperidine rings is 1. The van der Waals surface area contributed by atoms with Gasteiger partial charge in [0.25, 0.3) is 0 Å². The Labute approximate surface area is 143 Å². The standard InChI is InChI=1S/C18H26N4O2/c1-3-19-18(21-14(2)15-8-5-4-6-9-15)20-12-13-22-16(23)10-7-11-17(22)24/h4-6,8-9,14H,3,7,10-13H2,1-2H3,(H2,19,20,21). The Morgan fingerprint density at radius 3 is 2.50 bits per heavy atom. The lowest BCUT2D eigenvalue weighted by molar-refractivity contribution is -0.147. The number of aliphatic imine (C=N–C) groups is 1. The van der Waals surface area contributed by atoms with Crippen molar-refractivity contribution in [3.63, 3.8) is 0 Å². The molecule has 1 atom stereocenters. The number of imide groups is 1. The molecule has 0 bridgehead atoms. The highest BCUT2D eigenvalue weighted by Crippen LogP contribution is 2.12. The van der Waals surface area contributed by atoms with Crippen molar-refractivity contribution in [2.75, 3.05) is 19.6 Å². The van der Waals surface area contributed by atoms with Crippen LogP contribution in [0.2, 0.25) is 0 Å². The summed E-state index contributed by atoms with van der Waals surface area (Å²) in [4.78, 5) is 29.4. The third-order valence-corrected chi connectivity index (χ3v) is 3.97. The zero-order valence-electron chi connectivity index (χ0n) is 14.4. The predicted octanol–water partition coefficient (Wildman–Crippen LogP) is 1.84. The fraction of sp³-hybridized carbons (Fsp3) is 0.500. The van der Waals surface area contributed by atoms with Gasteiger partial charge >= 0.3 is 0 Å². The van der Waals surface area contributed by atoms with E-state index in [0.29, 0.717) is 38.3 Å². The highest BCUT2D eigenvalue weighted by atomic mass is 16.2.